The lowest BCUT2D eigenvalue weighted by Crippen LogP contribution is -2.61. The van der Waals surface area contributed by atoms with Crippen molar-refractivity contribution in [2.24, 2.45) is 17.8 Å². The zero-order valence-electron chi connectivity index (χ0n) is 17.4. The predicted molar refractivity (Wildman–Crippen MR) is 114 cm³/mol. The van der Waals surface area contributed by atoms with Crippen molar-refractivity contribution in [2.75, 3.05) is 0 Å². The van der Waals surface area contributed by atoms with Crippen molar-refractivity contribution < 1.29 is 9.21 Å². The monoisotopic (exact) mass is 418 g/mol. The molecular weight excluding hydrogens is 392 g/mol. The molecule has 0 radical (unpaired) electrons. The summed E-state index contributed by atoms with van der Waals surface area (Å²) in [6.45, 7) is 0.439. The molecule has 3 aromatic heterocycles. The third-order valence-electron chi connectivity index (χ3n) is 7.68. The molecule has 4 bridgehead atoms. The first-order chi connectivity index (χ1) is 15.1. The van der Waals surface area contributed by atoms with E-state index in [0.717, 1.165) is 25.0 Å². The molecule has 0 saturated heterocycles. The number of fused-ring (bicyclic) bond motifs is 1. The maximum atomic E-state index is 13.7. The van der Waals surface area contributed by atoms with Crippen molar-refractivity contribution in [1.29, 1.82) is 0 Å². The number of amides is 1. The van der Waals surface area contributed by atoms with Crippen LogP contribution in [0.15, 0.2) is 52.3 Å². The van der Waals surface area contributed by atoms with Gasteiger partial charge >= 0.3 is 0 Å². The highest BCUT2D eigenvalue weighted by molar-refractivity contribution is 5.78. The third kappa shape index (κ3) is 3.18. The second-order valence-corrected chi connectivity index (χ2v) is 9.75. The lowest BCUT2D eigenvalue weighted by atomic mass is 9.52. The molecule has 7 rings (SSSR count). The van der Waals surface area contributed by atoms with E-state index < -0.39 is 0 Å². The molecule has 3 aromatic rings. The van der Waals surface area contributed by atoms with Crippen LogP contribution in [0.3, 0.4) is 0 Å². The molecule has 4 fully saturated rings. The molecule has 0 aromatic carbocycles. The number of pyridine rings is 1. The van der Waals surface area contributed by atoms with Crippen LogP contribution < -0.4 is 5.56 Å². The van der Waals surface area contributed by atoms with Crippen molar-refractivity contribution >= 4 is 16.9 Å². The quantitative estimate of drug-likeness (QED) is 0.634. The number of nitrogens with zero attached hydrogens (tertiary/aromatic N) is 4. The van der Waals surface area contributed by atoms with Gasteiger partial charge < -0.3 is 9.32 Å². The van der Waals surface area contributed by atoms with E-state index in [9.17, 15) is 9.59 Å². The van der Waals surface area contributed by atoms with E-state index in [2.05, 4.69) is 9.97 Å². The molecule has 0 unspecified atom stereocenters. The first kappa shape index (κ1) is 18.8. The van der Waals surface area contributed by atoms with Gasteiger partial charge in [0.2, 0.25) is 5.91 Å². The van der Waals surface area contributed by atoms with Gasteiger partial charge in [0.1, 0.15) is 18.6 Å². The summed E-state index contributed by atoms with van der Waals surface area (Å²) in [6.07, 6.45) is 11.8. The Morgan fingerprint density at radius 1 is 1.10 bits per heavy atom. The fraction of sp³-hybridized carbons (Fsp3) is 0.500. The minimum absolute atomic E-state index is 0.0148. The van der Waals surface area contributed by atoms with Gasteiger partial charge in [0.25, 0.3) is 5.56 Å². The van der Waals surface area contributed by atoms with E-state index in [1.54, 1.807) is 24.6 Å². The van der Waals surface area contributed by atoms with Gasteiger partial charge in [-0.25, -0.2) is 9.97 Å². The van der Waals surface area contributed by atoms with Crippen LogP contribution in [0.2, 0.25) is 0 Å². The summed E-state index contributed by atoms with van der Waals surface area (Å²) in [4.78, 5) is 37.1. The Labute approximate surface area is 180 Å². The predicted octanol–water partition coefficient (Wildman–Crippen LogP) is 3.38. The topological polar surface area (TPSA) is 81.2 Å². The van der Waals surface area contributed by atoms with Crippen LogP contribution >= 0.6 is 0 Å². The van der Waals surface area contributed by atoms with Crippen molar-refractivity contribution in [3.05, 3.63) is 59.2 Å². The lowest BCUT2D eigenvalue weighted by molar-refractivity contribution is -0.153. The fourth-order valence-electron chi connectivity index (χ4n) is 6.82. The third-order valence-corrected chi connectivity index (χ3v) is 7.68. The van der Waals surface area contributed by atoms with Crippen molar-refractivity contribution in [3.8, 4) is 0 Å². The first-order valence-corrected chi connectivity index (χ1v) is 11.2. The normalized spacial score (nSPS) is 28.8. The van der Waals surface area contributed by atoms with E-state index in [1.807, 2.05) is 17.0 Å². The molecule has 0 spiro atoms. The van der Waals surface area contributed by atoms with Gasteiger partial charge in [0.15, 0.2) is 5.65 Å². The number of hydrogen-bond acceptors (Lipinski definition) is 5. The Hall–Kier alpha value is -2.96. The largest absolute Gasteiger partial charge is 0.467 e. The maximum absolute atomic E-state index is 13.7. The van der Waals surface area contributed by atoms with Crippen LogP contribution in [-0.4, -0.2) is 30.9 Å². The summed E-state index contributed by atoms with van der Waals surface area (Å²) in [5.74, 6) is 2.90. The average Bonchev–Trinajstić information content (AvgIpc) is 3.26. The molecule has 3 heterocycles. The average molecular weight is 418 g/mol. The molecule has 4 aliphatic carbocycles. The first-order valence-electron chi connectivity index (χ1n) is 11.2. The van der Waals surface area contributed by atoms with Crippen LogP contribution in [0.4, 0.5) is 0 Å². The Balaban J connectivity index is 1.35. The van der Waals surface area contributed by atoms with E-state index >= 15 is 0 Å². The van der Waals surface area contributed by atoms with E-state index in [-0.39, 0.29) is 23.6 Å². The Bertz CT molecular complexity index is 1150. The van der Waals surface area contributed by atoms with Gasteiger partial charge in [-0.2, -0.15) is 0 Å². The van der Waals surface area contributed by atoms with Crippen molar-refractivity contribution in [1.82, 2.24) is 19.4 Å². The van der Waals surface area contributed by atoms with Crippen LogP contribution in [0.25, 0.3) is 11.0 Å². The van der Waals surface area contributed by atoms with Gasteiger partial charge in [-0.3, -0.25) is 14.2 Å². The molecule has 7 heteroatoms. The number of hydrogen-bond donors (Lipinski definition) is 0. The van der Waals surface area contributed by atoms with Gasteiger partial charge in [0, 0.05) is 11.7 Å². The summed E-state index contributed by atoms with van der Waals surface area (Å²) >= 11 is 0. The highest BCUT2D eigenvalue weighted by atomic mass is 16.3. The molecular formula is C24H26N4O3. The zero-order valence-corrected chi connectivity index (χ0v) is 17.4. The Morgan fingerprint density at radius 3 is 2.52 bits per heavy atom. The van der Waals surface area contributed by atoms with Gasteiger partial charge in [0.05, 0.1) is 18.2 Å². The molecule has 4 saturated carbocycles. The van der Waals surface area contributed by atoms with Gasteiger partial charge in [-0.15, -0.1) is 0 Å². The van der Waals surface area contributed by atoms with E-state index in [0.29, 0.717) is 35.3 Å². The van der Waals surface area contributed by atoms with Gasteiger partial charge in [-0.1, -0.05) is 0 Å². The van der Waals surface area contributed by atoms with Crippen LogP contribution in [0, 0.1) is 17.8 Å². The molecule has 0 atom stereocenters. The highest BCUT2D eigenvalue weighted by Crippen LogP contribution is 2.58. The molecule has 0 N–H and O–H groups in total. The molecule has 160 valence electrons. The Morgan fingerprint density at radius 2 is 1.84 bits per heavy atom. The minimum Gasteiger partial charge on any atom is -0.467 e. The fourth-order valence-corrected chi connectivity index (χ4v) is 6.82. The van der Waals surface area contributed by atoms with E-state index in [4.69, 9.17) is 4.42 Å². The van der Waals surface area contributed by atoms with Gasteiger partial charge in [-0.05, 0) is 80.5 Å². The van der Waals surface area contributed by atoms with Crippen molar-refractivity contribution in [3.63, 3.8) is 0 Å². The molecule has 7 nitrogen and oxygen atoms in total. The number of furan rings is 1. The SMILES string of the molecule is O=C(Cn1cnc2ncccc2c1=O)N(Cc1ccco1)C12CC3CC(CC(C3)C1)C2. The second-order valence-electron chi connectivity index (χ2n) is 9.75. The summed E-state index contributed by atoms with van der Waals surface area (Å²) in [5.41, 5.74) is 0.0632. The number of carbonyl (C=O) groups is 1. The summed E-state index contributed by atoms with van der Waals surface area (Å²) < 4.78 is 7.04. The van der Waals surface area contributed by atoms with Crippen LogP contribution in [0.1, 0.15) is 44.3 Å². The summed E-state index contributed by atoms with van der Waals surface area (Å²) in [5, 5.41) is 0.435. The smallest absolute Gasteiger partial charge is 0.263 e. The molecule has 31 heavy (non-hydrogen) atoms. The Kier molecular flexibility index (Phi) is 4.26. The molecule has 0 aliphatic heterocycles. The summed E-state index contributed by atoms with van der Waals surface area (Å²) in [7, 11) is 0. The standard InChI is InChI=1S/C24H26N4O3/c29-21(14-27-15-26-22-20(23(27)30)4-1-5-25-22)28(13-19-3-2-6-31-19)24-10-16-7-17(11-24)9-18(8-16)12-24/h1-6,15-18H,7-14H2. The van der Waals surface area contributed by atoms with Crippen molar-refractivity contribution in [2.45, 2.75) is 57.2 Å². The number of aromatic nitrogens is 3. The second kappa shape index (κ2) is 7.04. The maximum Gasteiger partial charge on any atom is 0.263 e. The molecule has 4 aliphatic rings. The zero-order chi connectivity index (χ0) is 21.0. The summed E-state index contributed by atoms with van der Waals surface area (Å²) in [6, 6.07) is 7.22. The molecule has 1 amide bonds. The van der Waals surface area contributed by atoms with Crippen LogP contribution in [0.5, 0.6) is 0 Å². The van der Waals surface area contributed by atoms with E-state index in [1.165, 1.54) is 30.2 Å². The number of rotatable bonds is 5. The van der Waals surface area contributed by atoms with Crippen LogP contribution in [-0.2, 0) is 17.9 Å². The highest BCUT2D eigenvalue weighted by Gasteiger charge is 2.54. The minimum atomic E-state index is -0.227. The number of carbonyl (C=O) groups excluding carboxylic acids is 1. The lowest BCUT2D eigenvalue weighted by Gasteiger charge is -2.60.